The van der Waals surface area contributed by atoms with Crippen LogP contribution in [-0.4, -0.2) is 49.6 Å². The number of para-hydroxylation sites is 1. The molecular formula is C28H30N2O4S. The van der Waals surface area contributed by atoms with E-state index in [1.54, 1.807) is 18.4 Å². The van der Waals surface area contributed by atoms with Gasteiger partial charge in [-0.05, 0) is 58.5 Å². The highest BCUT2D eigenvalue weighted by atomic mass is 32.1. The van der Waals surface area contributed by atoms with Crippen LogP contribution in [0.4, 0.5) is 0 Å². The van der Waals surface area contributed by atoms with Crippen LogP contribution in [0.5, 0.6) is 5.75 Å². The van der Waals surface area contributed by atoms with Crippen molar-refractivity contribution in [3.8, 4) is 5.75 Å². The van der Waals surface area contributed by atoms with Crippen LogP contribution >= 0.6 is 11.3 Å². The van der Waals surface area contributed by atoms with Crippen LogP contribution < -0.4 is 10.1 Å². The van der Waals surface area contributed by atoms with Crippen molar-refractivity contribution in [3.63, 3.8) is 0 Å². The first-order valence-corrected chi connectivity index (χ1v) is 12.9. The molecule has 2 aromatic carbocycles. The summed E-state index contributed by atoms with van der Waals surface area (Å²) >= 11 is 1.62. The zero-order valence-electron chi connectivity index (χ0n) is 19.8. The second kappa shape index (κ2) is 10.2. The van der Waals surface area contributed by atoms with Gasteiger partial charge >= 0.3 is 0 Å². The molecule has 2 heterocycles. The van der Waals surface area contributed by atoms with Crippen LogP contribution in [-0.2, 0) is 26.2 Å². The van der Waals surface area contributed by atoms with E-state index in [0.29, 0.717) is 25.3 Å². The first-order valence-electron chi connectivity index (χ1n) is 12.0. The summed E-state index contributed by atoms with van der Waals surface area (Å²) in [6.07, 6.45) is 1.82. The molecule has 0 radical (unpaired) electrons. The van der Waals surface area contributed by atoms with Gasteiger partial charge in [0.25, 0.3) is 5.91 Å². The molecule has 0 saturated carbocycles. The molecule has 1 aliphatic carbocycles. The van der Waals surface area contributed by atoms with E-state index < -0.39 is 0 Å². The SMILES string of the molecule is CO[C@@H]1[C@@H](NC(=O)COc2ccccc2)c2ccccc2C12CCN(C(=O)Cc1ccsc1)CC2. The van der Waals surface area contributed by atoms with Crippen LogP contribution in [0.15, 0.2) is 71.4 Å². The van der Waals surface area contributed by atoms with E-state index in [1.807, 2.05) is 64.2 Å². The minimum Gasteiger partial charge on any atom is -0.484 e. The molecule has 6 nitrogen and oxygen atoms in total. The highest BCUT2D eigenvalue weighted by Gasteiger charge is 2.54. The molecule has 35 heavy (non-hydrogen) atoms. The predicted octanol–water partition coefficient (Wildman–Crippen LogP) is 4.12. The fourth-order valence-electron chi connectivity index (χ4n) is 5.64. The molecule has 0 bridgehead atoms. The van der Waals surface area contributed by atoms with Crippen LogP contribution in [0.1, 0.15) is 35.6 Å². The highest BCUT2D eigenvalue weighted by molar-refractivity contribution is 7.08. The number of carbonyl (C=O) groups is 2. The zero-order chi connectivity index (χ0) is 24.3. The number of methoxy groups -OCH3 is 1. The number of hydrogen-bond donors (Lipinski definition) is 1. The van der Waals surface area contributed by atoms with E-state index in [2.05, 4.69) is 17.4 Å². The van der Waals surface area contributed by atoms with Crippen molar-refractivity contribution in [2.24, 2.45) is 0 Å². The van der Waals surface area contributed by atoms with Crippen molar-refractivity contribution >= 4 is 23.2 Å². The van der Waals surface area contributed by atoms with E-state index in [9.17, 15) is 9.59 Å². The Hall–Kier alpha value is -3.16. The van der Waals surface area contributed by atoms with E-state index in [1.165, 1.54) is 5.56 Å². The lowest BCUT2D eigenvalue weighted by atomic mass is 9.71. The van der Waals surface area contributed by atoms with Gasteiger partial charge in [-0.15, -0.1) is 0 Å². The lowest BCUT2D eigenvalue weighted by Crippen LogP contribution is -2.52. The second-order valence-electron chi connectivity index (χ2n) is 9.24. The number of nitrogens with zero attached hydrogens (tertiary/aromatic N) is 1. The van der Waals surface area contributed by atoms with Gasteiger partial charge in [-0.2, -0.15) is 11.3 Å². The van der Waals surface area contributed by atoms with Gasteiger partial charge in [-0.3, -0.25) is 9.59 Å². The van der Waals surface area contributed by atoms with Gasteiger partial charge in [0.1, 0.15) is 5.75 Å². The van der Waals surface area contributed by atoms with Crippen LogP contribution in [0, 0.1) is 0 Å². The van der Waals surface area contributed by atoms with Crippen LogP contribution in [0.2, 0.25) is 0 Å². The van der Waals surface area contributed by atoms with E-state index in [4.69, 9.17) is 9.47 Å². The summed E-state index contributed by atoms with van der Waals surface area (Å²) in [5.41, 5.74) is 3.13. The normalized spacial score (nSPS) is 20.4. The van der Waals surface area contributed by atoms with Gasteiger partial charge in [0.15, 0.2) is 6.61 Å². The molecule has 1 fully saturated rings. The standard InChI is InChI=1S/C28H30N2O4S/c1-33-27-26(29-24(31)18-34-21-7-3-2-4-8-21)22-9-5-6-10-23(22)28(27)12-14-30(15-13-28)25(32)17-20-11-16-35-19-20/h2-11,16,19,26-27H,12-15,17-18H2,1H3,(H,29,31)/t26-,27+/m0/s1. The molecular weight excluding hydrogens is 460 g/mol. The minimum absolute atomic E-state index is 0.0586. The average molecular weight is 491 g/mol. The molecule has 2 atom stereocenters. The van der Waals surface area contributed by atoms with Crippen molar-refractivity contribution in [1.82, 2.24) is 10.2 Å². The van der Waals surface area contributed by atoms with Gasteiger partial charge in [0.05, 0.1) is 18.6 Å². The van der Waals surface area contributed by atoms with Gasteiger partial charge in [0, 0.05) is 25.6 Å². The Balaban J connectivity index is 1.30. The Labute approximate surface area is 209 Å². The van der Waals surface area contributed by atoms with Crippen molar-refractivity contribution in [1.29, 1.82) is 0 Å². The number of benzene rings is 2. The maximum Gasteiger partial charge on any atom is 0.258 e. The summed E-state index contributed by atoms with van der Waals surface area (Å²) < 4.78 is 11.7. The zero-order valence-corrected chi connectivity index (χ0v) is 20.6. The molecule has 7 heteroatoms. The Bertz CT molecular complexity index is 1160. The lowest BCUT2D eigenvalue weighted by molar-refractivity contribution is -0.133. The number of piperidine rings is 1. The fraction of sp³-hybridized carbons (Fsp3) is 0.357. The van der Waals surface area contributed by atoms with Gasteiger partial charge < -0.3 is 19.7 Å². The number of hydrogen-bond acceptors (Lipinski definition) is 5. The second-order valence-corrected chi connectivity index (χ2v) is 10.0. The summed E-state index contributed by atoms with van der Waals surface area (Å²) in [4.78, 5) is 27.7. The first kappa shape index (κ1) is 23.6. The molecule has 3 aromatic rings. The number of rotatable bonds is 7. The number of carbonyl (C=O) groups excluding carboxylic acids is 2. The Morgan fingerprint density at radius 2 is 1.80 bits per heavy atom. The Kier molecular flexibility index (Phi) is 6.88. The highest BCUT2D eigenvalue weighted by Crippen LogP contribution is 2.52. The van der Waals surface area contributed by atoms with Crippen molar-refractivity contribution < 1.29 is 19.1 Å². The van der Waals surface area contributed by atoms with Crippen LogP contribution in [0.25, 0.3) is 0 Å². The smallest absolute Gasteiger partial charge is 0.258 e. The Morgan fingerprint density at radius 3 is 2.51 bits per heavy atom. The van der Waals surface area contributed by atoms with Gasteiger partial charge in [-0.1, -0.05) is 42.5 Å². The fourth-order valence-corrected chi connectivity index (χ4v) is 6.31. The molecule has 182 valence electrons. The molecule has 1 aliphatic heterocycles. The van der Waals surface area contributed by atoms with E-state index >= 15 is 0 Å². The summed E-state index contributed by atoms with van der Waals surface area (Å²) in [6.45, 7) is 1.29. The summed E-state index contributed by atoms with van der Waals surface area (Å²) in [5.74, 6) is 0.645. The monoisotopic (exact) mass is 490 g/mol. The molecule has 2 amide bonds. The number of amides is 2. The summed E-state index contributed by atoms with van der Waals surface area (Å²) in [5, 5.41) is 7.21. The quantitative estimate of drug-likeness (QED) is 0.541. The summed E-state index contributed by atoms with van der Waals surface area (Å²) in [7, 11) is 1.71. The molecule has 1 aromatic heterocycles. The molecule has 5 rings (SSSR count). The predicted molar refractivity (Wildman–Crippen MR) is 136 cm³/mol. The minimum atomic E-state index is -0.267. The maximum atomic E-state index is 12.9. The van der Waals surface area contributed by atoms with Crippen molar-refractivity contribution in [2.75, 3.05) is 26.8 Å². The largest absolute Gasteiger partial charge is 0.484 e. The van der Waals surface area contributed by atoms with Crippen LogP contribution in [0.3, 0.4) is 0 Å². The summed E-state index contributed by atoms with van der Waals surface area (Å²) in [6, 6.07) is 19.3. The maximum absolute atomic E-state index is 12.9. The molecule has 1 spiro atoms. The first-order chi connectivity index (χ1) is 17.1. The Morgan fingerprint density at radius 1 is 1.06 bits per heavy atom. The number of fused-ring (bicyclic) bond motifs is 2. The third-order valence-electron chi connectivity index (χ3n) is 7.31. The van der Waals surface area contributed by atoms with E-state index in [0.717, 1.165) is 24.0 Å². The van der Waals surface area contributed by atoms with Gasteiger partial charge in [-0.25, -0.2) is 0 Å². The molecule has 1 saturated heterocycles. The number of nitrogens with one attached hydrogen (secondary N) is 1. The van der Waals surface area contributed by atoms with Crippen molar-refractivity contribution in [3.05, 3.63) is 88.1 Å². The number of thiophene rings is 1. The van der Waals surface area contributed by atoms with Gasteiger partial charge in [0.2, 0.25) is 5.91 Å². The molecule has 0 unspecified atom stereocenters. The number of ether oxygens (including phenoxy) is 2. The number of likely N-dealkylation sites (tertiary alicyclic amines) is 1. The topological polar surface area (TPSA) is 67.9 Å². The third-order valence-corrected chi connectivity index (χ3v) is 8.04. The molecule has 1 N–H and O–H groups in total. The van der Waals surface area contributed by atoms with Crippen molar-refractivity contribution in [2.45, 2.75) is 36.8 Å². The third kappa shape index (κ3) is 4.70. The average Bonchev–Trinajstić information content (AvgIpc) is 3.49. The van der Waals surface area contributed by atoms with E-state index in [-0.39, 0.29) is 36.0 Å². The molecule has 2 aliphatic rings. The lowest BCUT2D eigenvalue weighted by Gasteiger charge is -2.44.